The van der Waals surface area contributed by atoms with Crippen molar-refractivity contribution in [2.24, 2.45) is 0 Å². The van der Waals surface area contributed by atoms with Crippen LogP contribution in [0.4, 0.5) is 5.82 Å². The van der Waals surface area contributed by atoms with Crippen molar-refractivity contribution in [3.63, 3.8) is 0 Å². The zero-order valence-electron chi connectivity index (χ0n) is 11.2. The van der Waals surface area contributed by atoms with Crippen LogP contribution in [0.2, 0.25) is 0 Å². The predicted octanol–water partition coefficient (Wildman–Crippen LogP) is 1.84. The number of aromatic nitrogens is 2. The van der Waals surface area contributed by atoms with Gasteiger partial charge in [0, 0.05) is 31.4 Å². The van der Waals surface area contributed by atoms with Crippen LogP contribution in [0.5, 0.6) is 0 Å². The Labute approximate surface area is 116 Å². The van der Waals surface area contributed by atoms with Crippen LogP contribution in [-0.2, 0) is 6.54 Å². The molecule has 1 amide bonds. The van der Waals surface area contributed by atoms with Gasteiger partial charge >= 0.3 is 0 Å². The number of hydrogen-bond donors (Lipinski definition) is 1. The number of carbonyl (C=O) groups is 1. The Bertz CT molecular complexity index is 580. The number of hydrogen-bond acceptors (Lipinski definition) is 5. The van der Waals surface area contributed by atoms with E-state index in [1.54, 1.807) is 29.7 Å². The molecule has 0 aliphatic carbocycles. The lowest BCUT2D eigenvalue weighted by Gasteiger charge is -2.15. The zero-order valence-corrected chi connectivity index (χ0v) is 12.0. The second-order valence-electron chi connectivity index (χ2n) is 4.33. The van der Waals surface area contributed by atoms with Crippen LogP contribution >= 0.6 is 11.3 Å². The average Bonchev–Trinajstić information content (AvgIpc) is 2.81. The molecule has 0 radical (unpaired) electrons. The van der Waals surface area contributed by atoms with Gasteiger partial charge in [-0.1, -0.05) is 0 Å². The number of nitrogens with zero attached hydrogens (tertiary/aromatic N) is 3. The third-order valence-corrected chi connectivity index (χ3v) is 3.49. The minimum Gasteiger partial charge on any atom is -0.362 e. The van der Waals surface area contributed by atoms with Crippen LogP contribution in [0.15, 0.2) is 23.7 Å². The Morgan fingerprint density at radius 3 is 2.89 bits per heavy atom. The number of rotatable bonds is 4. The topological polar surface area (TPSA) is 58.1 Å². The maximum atomic E-state index is 12.1. The van der Waals surface area contributed by atoms with Crippen molar-refractivity contribution in [3.05, 3.63) is 40.0 Å². The highest BCUT2D eigenvalue weighted by Crippen LogP contribution is 2.14. The van der Waals surface area contributed by atoms with E-state index in [9.17, 15) is 4.79 Å². The molecule has 0 bridgehead atoms. The van der Waals surface area contributed by atoms with Gasteiger partial charge < -0.3 is 10.2 Å². The summed E-state index contributed by atoms with van der Waals surface area (Å²) in [5, 5.41) is 5.74. The highest BCUT2D eigenvalue weighted by atomic mass is 32.1. The number of carbonyl (C=O) groups excluding carboxylic acids is 1. The van der Waals surface area contributed by atoms with E-state index in [1.165, 1.54) is 0 Å². The molecule has 0 aromatic carbocycles. The third kappa shape index (κ3) is 3.29. The number of amides is 1. The Morgan fingerprint density at radius 2 is 2.26 bits per heavy atom. The van der Waals surface area contributed by atoms with Crippen LogP contribution in [-0.4, -0.2) is 30.0 Å². The number of aryl methyl sites for hydroxylation is 1. The van der Waals surface area contributed by atoms with Crippen LogP contribution in [0.3, 0.4) is 0 Å². The van der Waals surface area contributed by atoms with Crippen molar-refractivity contribution < 1.29 is 4.79 Å². The molecule has 0 atom stereocenters. The Morgan fingerprint density at radius 1 is 1.47 bits per heavy atom. The van der Waals surface area contributed by atoms with Crippen LogP contribution in [0.25, 0.3) is 0 Å². The number of thiazole rings is 1. The fourth-order valence-corrected chi connectivity index (χ4v) is 2.38. The summed E-state index contributed by atoms with van der Waals surface area (Å²) in [7, 11) is 3.73. The molecule has 1 N–H and O–H groups in total. The van der Waals surface area contributed by atoms with Gasteiger partial charge in [-0.25, -0.2) is 9.97 Å². The van der Waals surface area contributed by atoms with E-state index < -0.39 is 0 Å². The molecule has 0 unspecified atom stereocenters. The van der Waals surface area contributed by atoms with E-state index in [0.29, 0.717) is 17.9 Å². The van der Waals surface area contributed by atoms with E-state index in [1.807, 2.05) is 31.3 Å². The first-order chi connectivity index (χ1) is 9.08. The van der Waals surface area contributed by atoms with Crippen molar-refractivity contribution in [3.8, 4) is 0 Å². The molecule has 2 aromatic heterocycles. The SMILES string of the molecule is Cc1csc(CNC(=O)c2cccnc2N(C)C)n1. The number of anilines is 1. The highest BCUT2D eigenvalue weighted by molar-refractivity contribution is 7.09. The van der Waals surface area contributed by atoms with Crippen LogP contribution < -0.4 is 10.2 Å². The lowest BCUT2D eigenvalue weighted by atomic mass is 10.2. The zero-order chi connectivity index (χ0) is 13.8. The summed E-state index contributed by atoms with van der Waals surface area (Å²) in [5.41, 5.74) is 1.55. The van der Waals surface area contributed by atoms with E-state index in [0.717, 1.165) is 10.7 Å². The average molecular weight is 276 g/mol. The summed E-state index contributed by atoms with van der Waals surface area (Å²) in [6, 6.07) is 3.53. The quantitative estimate of drug-likeness (QED) is 0.925. The number of nitrogens with one attached hydrogen (secondary N) is 1. The molecule has 2 aromatic rings. The van der Waals surface area contributed by atoms with E-state index in [4.69, 9.17) is 0 Å². The Hall–Kier alpha value is -1.95. The Balaban J connectivity index is 2.08. The fourth-order valence-electron chi connectivity index (χ4n) is 1.67. The van der Waals surface area contributed by atoms with E-state index in [-0.39, 0.29) is 5.91 Å². The molecule has 0 fully saturated rings. The summed E-state index contributed by atoms with van der Waals surface area (Å²) in [6.07, 6.45) is 1.68. The van der Waals surface area contributed by atoms with E-state index in [2.05, 4.69) is 15.3 Å². The van der Waals surface area contributed by atoms with Crippen molar-refractivity contribution in [2.75, 3.05) is 19.0 Å². The summed E-state index contributed by atoms with van der Waals surface area (Å²) >= 11 is 1.55. The van der Waals surface area contributed by atoms with Crippen molar-refractivity contribution in [2.45, 2.75) is 13.5 Å². The summed E-state index contributed by atoms with van der Waals surface area (Å²) in [5.74, 6) is 0.528. The standard InChI is InChI=1S/C13H16N4OS/c1-9-8-19-11(16-9)7-15-13(18)10-5-4-6-14-12(10)17(2)3/h4-6,8H,7H2,1-3H3,(H,15,18). The first-order valence-corrected chi connectivity index (χ1v) is 6.77. The molecule has 2 rings (SSSR count). The lowest BCUT2D eigenvalue weighted by molar-refractivity contribution is 0.0951. The van der Waals surface area contributed by atoms with E-state index >= 15 is 0 Å². The fraction of sp³-hybridized carbons (Fsp3) is 0.308. The molecule has 2 heterocycles. The largest absolute Gasteiger partial charge is 0.362 e. The minimum absolute atomic E-state index is 0.135. The Kier molecular flexibility index (Phi) is 4.11. The second-order valence-corrected chi connectivity index (χ2v) is 5.28. The molecule has 6 heteroatoms. The molecule has 0 spiro atoms. The highest BCUT2D eigenvalue weighted by Gasteiger charge is 2.13. The molecular weight excluding hydrogens is 260 g/mol. The molecule has 19 heavy (non-hydrogen) atoms. The van der Waals surface area contributed by atoms with Crippen LogP contribution in [0, 0.1) is 6.92 Å². The van der Waals surface area contributed by atoms with Crippen molar-refractivity contribution in [1.82, 2.24) is 15.3 Å². The summed E-state index contributed by atoms with van der Waals surface area (Å²) in [4.78, 5) is 22.5. The van der Waals surface area contributed by atoms with Gasteiger partial charge in [0.05, 0.1) is 12.1 Å². The molecule has 0 aliphatic rings. The molecule has 0 saturated carbocycles. The predicted molar refractivity (Wildman–Crippen MR) is 76.6 cm³/mol. The lowest BCUT2D eigenvalue weighted by Crippen LogP contribution is -2.25. The molecule has 100 valence electrons. The maximum Gasteiger partial charge on any atom is 0.255 e. The summed E-state index contributed by atoms with van der Waals surface area (Å²) < 4.78 is 0. The van der Waals surface area contributed by atoms with Gasteiger partial charge in [-0.05, 0) is 19.1 Å². The third-order valence-electron chi connectivity index (χ3n) is 2.52. The van der Waals surface area contributed by atoms with Crippen molar-refractivity contribution in [1.29, 1.82) is 0 Å². The molecule has 0 aliphatic heterocycles. The minimum atomic E-state index is -0.135. The molecule has 0 saturated heterocycles. The maximum absolute atomic E-state index is 12.1. The van der Waals surface area contributed by atoms with Gasteiger partial charge in [-0.2, -0.15) is 0 Å². The molecular formula is C13H16N4OS. The summed E-state index contributed by atoms with van der Waals surface area (Å²) in [6.45, 7) is 2.38. The van der Waals surface area contributed by atoms with Gasteiger partial charge in [0.1, 0.15) is 10.8 Å². The van der Waals surface area contributed by atoms with Crippen molar-refractivity contribution >= 4 is 23.1 Å². The smallest absolute Gasteiger partial charge is 0.255 e. The van der Waals surface area contributed by atoms with Gasteiger partial charge in [0.2, 0.25) is 0 Å². The second kappa shape index (κ2) is 5.79. The molecule has 5 nitrogen and oxygen atoms in total. The van der Waals surface area contributed by atoms with Gasteiger partial charge in [-0.3, -0.25) is 4.79 Å². The first kappa shape index (κ1) is 13.5. The van der Waals surface area contributed by atoms with Gasteiger partial charge in [0.25, 0.3) is 5.91 Å². The van der Waals surface area contributed by atoms with Crippen LogP contribution in [0.1, 0.15) is 21.1 Å². The number of pyridine rings is 1. The van der Waals surface area contributed by atoms with Gasteiger partial charge in [-0.15, -0.1) is 11.3 Å². The first-order valence-electron chi connectivity index (χ1n) is 5.89. The van der Waals surface area contributed by atoms with Gasteiger partial charge in [0.15, 0.2) is 0 Å². The normalized spacial score (nSPS) is 10.3. The monoisotopic (exact) mass is 276 g/mol.